The topological polar surface area (TPSA) is 97.2 Å². The molecule has 0 spiro atoms. The summed E-state index contributed by atoms with van der Waals surface area (Å²) in [6, 6.07) is 9.35. The molecule has 7 heteroatoms. The number of H-pyrrole nitrogens is 1. The third-order valence-electron chi connectivity index (χ3n) is 3.43. The lowest BCUT2D eigenvalue weighted by Gasteiger charge is -1.96. The Balaban J connectivity index is 1.70. The molecule has 1 aromatic carbocycles. The van der Waals surface area contributed by atoms with Crippen molar-refractivity contribution in [1.82, 2.24) is 15.5 Å². The Morgan fingerprint density at radius 2 is 2.21 bits per heavy atom. The van der Waals surface area contributed by atoms with Crippen LogP contribution >= 0.6 is 0 Å². The molecule has 2 aromatic heterocycles. The number of hydrogen-bond acceptors (Lipinski definition) is 5. The average Bonchev–Trinajstić information content (AvgIpc) is 3.24. The maximum atomic E-state index is 12.0. The zero-order valence-corrected chi connectivity index (χ0v) is 12.9. The zero-order valence-electron chi connectivity index (χ0n) is 12.9. The quantitative estimate of drug-likeness (QED) is 0.554. The van der Waals surface area contributed by atoms with E-state index < -0.39 is 5.97 Å². The van der Waals surface area contributed by atoms with E-state index >= 15 is 0 Å². The van der Waals surface area contributed by atoms with Crippen LogP contribution in [0.1, 0.15) is 10.5 Å². The van der Waals surface area contributed by atoms with Gasteiger partial charge in [-0.1, -0.05) is 29.4 Å². The number of ether oxygens (including phenoxy) is 1. The van der Waals surface area contributed by atoms with Gasteiger partial charge in [0.15, 0.2) is 11.5 Å². The highest BCUT2D eigenvalue weighted by atomic mass is 16.5. The van der Waals surface area contributed by atoms with E-state index in [1.807, 2.05) is 30.5 Å². The molecule has 1 amide bonds. The molecule has 0 atom stereocenters. The van der Waals surface area contributed by atoms with Gasteiger partial charge in [-0.15, -0.1) is 0 Å². The lowest BCUT2D eigenvalue weighted by molar-refractivity contribution is -0.134. The number of nitrogens with zero attached hydrogens (tertiary/aromatic N) is 1. The van der Waals surface area contributed by atoms with Crippen molar-refractivity contribution in [3.05, 3.63) is 54.4 Å². The number of aromatic nitrogens is 2. The summed E-state index contributed by atoms with van der Waals surface area (Å²) in [6.45, 7) is 0.184. The van der Waals surface area contributed by atoms with E-state index in [9.17, 15) is 9.59 Å². The second-order valence-corrected chi connectivity index (χ2v) is 4.96. The van der Waals surface area contributed by atoms with Gasteiger partial charge < -0.3 is 19.6 Å². The van der Waals surface area contributed by atoms with Crippen molar-refractivity contribution in [3.8, 4) is 11.3 Å². The van der Waals surface area contributed by atoms with Crippen molar-refractivity contribution in [1.29, 1.82) is 0 Å². The molecular weight excluding hydrogens is 310 g/mol. The first-order valence-corrected chi connectivity index (χ1v) is 7.25. The molecule has 3 rings (SSSR count). The second kappa shape index (κ2) is 6.82. The molecule has 0 saturated heterocycles. The number of nitrogens with one attached hydrogen (secondary N) is 2. The largest absolute Gasteiger partial charge is 0.466 e. The van der Waals surface area contributed by atoms with E-state index in [0.29, 0.717) is 5.76 Å². The number of carbonyl (C=O) groups excluding carboxylic acids is 2. The van der Waals surface area contributed by atoms with E-state index in [0.717, 1.165) is 16.5 Å². The SMILES string of the molecule is COC(=O)/C=C/CNC(=O)c1cc(-c2c[nH]c3ccccc23)on1. The fraction of sp³-hybridized carbons (Fsp3) is 0.118. The van der Waals surface area contributed by atoms with Gasteiger partial charge in [0.1, 0.15) is 0 Å². The summed E-state index contributed by atoms with van der Waals surface area (Å²) >= 11 is 0. The Labute approximate surface area is 137 Å². The summed E-state index contributed by atoms with van der Waals surface area (Å²) in [7, 11) is 1.28. The van der Waals surface area contributed by atoms with Crippen molar-refractivity contribution < 1.29 is 18.8 Å². The fourth-order valence-corrected chi connectivity index (χ4v) is 2.25. The first kappa shape index (κ1) is 15.5. The number of para-hydroxylation sites is 1. The van der Waals surface area contributed by atoms with E-state index in [2.05, 4.69) is 20.2 Å². The Bertz CT molecular complexity index is 907. The number of hydrogen-bond donors (Lipinski definition) is 2. The molecule has 0 radical (unpaired) electrons. The first-order chi connectivity index (χ1) is 11.7. The average molecular weight is 325 g/mol. The van der Waals surface area contributed by atoms with Crippen molar-refractivity contribution in [2.45, 2.75) is 0 Å². The van der Waals surface area contributed by atoms with Crippen LogP contribution in [0.25, 0.3) is 22.2 Å². The molecule has 0 aliphatic heterocycles. The first-order valence-electron chi connectivity index (χ1n) is 7.25. The molecule has 0 saturated carbocycles. The Morgan fingerprint density at radius 1 is 1.38 bits per heavy atom. The van der Waals surface area contributed by atoms with Crippen LogP contribution in [0.5, 0.6) is 0 Å². The number of carbonyl (C=O) groups is 2. The van der Waals surface area contributed by atoms with Crippen LogP contribution in [0.3, 0.4) is 0 Å². The molecule has 2 N–H and O–H groups in total. The normalized spacial score (nSPS) is 11.0. The number of esters is 1. The maximum Gasteiger partial charge on any atom is 0.330 e. The third kappa shape index (κ3) is 3.19. The number of aromatic amines is 1. The lowest BCUT2D eigenvalue weighted by atomic mass is 10.1. The molecule has 0 unspecified atom stereocenters. The maximum absolute atomic E-state index is 12.0. The summed E-state index contributed by atoms with van der Waals surface area (Å²) in [5.41, 5.74) is 1.98. The monoisotopic (exact) mass is 325 g/mol. The predicted molar refractivity (Wildman–Crippen MR) is 87.3 cm³/mol. The van der Waals surface area contributed by atoms with Gasteiger partial charge in [-0.25, -0.2) is 4.79 Å². The van der Waals surface area contributed by atoms with E-state index in [1.165, 1.54) is 19.3 Å². The van der Waals surface area contributed by atoms with Crippen LogP contribution < -0.4 is 5.32 Å². The van der Waals surface area contributed by atoms with Crippen molar-refractivity contribution in [3.63, 3.8) is 0 Å². The minimum absolute atomic E-state index is 0.168. The minimum atomic E-state index is -0.479. The summed E-state index contributed by atoms with van der Waals surface area (Å²) in [5, 5.41) is 7.39. The number of fused-ring (bicyclic) bond motifs is 1. The lowest BCUT2D eigenvalue weighted by Crippen LogP contribution is -2.23. The van der Waals surface area contributed by atoms with Gasteiger partial charge in [-0.05, 0) is 6.07 Å². The Hall–Kier alpha value is -3.35. The molecule has 122 valence electrons. The highest BCUT2D eigenvalue weighted by Gasteiger charge is 2.15. The van der Waals surface area contributed by atoms with Crippen LogP contribution in [-0.4, -0.2) is 35.7 Å². The van der Waals surface area contributed by atoms with Gasteiger partial charge in [0, 0.05) is 41.4 Å². The number of amides is 1. The van der Waals surface area contributed by atoms with Crippen LogP contribution in [-0.2, 0) is 9.53 Å². The molecule has 3 aromatic rings. The standard InChI is InChI=1S/C17H15N3O4/c1-23-16(21)7-4-8-18-17(22)14-9-15(24-20-14)12-10-19-13-6-3-2-5-11(12)13/h2-7,9-10,19H,8H2,1H3,(H,18,22)/b7-4+. The molecule has 0 fully saturated rings. The summed E-state index contributed by atoms with van der Waals surface area (Å²) in [4.78, 5) is 26.1. The molecular formula is C17H15N3O4. The summed E-state index contributed by atoms with van der Waals surface area (Å²) in [6.07, 6.45) is 4.54. The third-order valence-corrected chi connectivity index (χ3v) is 3.43. The van der Waals surface area contributed by atoms with Crippen molar-refractivity contribution in [2.75, 3.05) is 13.7 Å². The number of methoxy groups -OCH3 is 1. The van der Waals surface area contributed by atoms with E-state index in [-0.39, 0.29) is 18.1 Å². The molecule has 0 aliphatic rings. The van der Waals surface area contributed by atoms with Crippen LogP contribution in [0, 0.1) is 0 Å². The predicted octanol–water partition coefficient (Wildman–Crippen LogP) is 2.28. The van der Waals surface area contributed by atoms with Gasteiger partial charge in [0.25, 0.3) is 5.91 Å². The van der Waals surface area contributed by atoms with Gasteiger partial charge in [0.05, 0.1) is 7.11 Å². The smallest absolute Gasteiger partial charge is 0.330 e. The molecule has 0 aliphatic carbocycles. The Kier molecular flexibility index (Phi) is 4.42. The highest BCUT2D eigenvalue weighted by molar-refractivity contribution is 5.97. The zero-order chi connectivity index (χ0) is 16.9. The van der Waals surface area contributed by atoms with Gasteiger partial charge in [-0.3, -0.25) is 4.79 Å². The van der Waals surface area contributed by atoms with Crippen LogP contribution in [0.4, 0.5) is 0 Å². The van der Waals surface area contributed by atoms with Gasteiger partial charge >= 0.3 is 5.97 Å². The number of benzene rings is 1. The van der Waals surface area contributed by atoms with E-state index in [1.54, 1.807) is 6.07 Å². The van der Waals surface area contributed by atoms with Crippen LogP contribution in [0.15, 0.2) is 53.2 Å². The summed E-state index contributed by atoms with van der Waals surface area (Å²) < 4.78 is 9.73. The van der Waals surface area contributed by atoms with E-state index in [4.69, 9.17) is 4.52 Å². The Morgan fingerprint density at radius 3 is 3.04 bits per heavy atom. The van der Waals surface area contributed by atoms with Crippen LogP contribution in [0.2, 0.25) is 0 Å². The second-order valence-electron chi connectivity index (χ2n) is 4.96. The fourth-order valence-electron chi connectivity index (χ4n) is 2.25. The summed E-state index contributed by atoms with van der Waals surface area (Å²) in [5.74, 6) is -0.366. The highest BCUT2D eigenvalue weighted by Crippen LogP contribution is 2.28. The molecule has 7 nitrogen and oxygen atoms in total. The number of rotatable bonds is 5. The van der Waals surface area contributed by atoms with Crippen molar-refractivity contribution in [2.24, 2.45) is 0 Å². The van der Waals surface area contributed by atoms with Gasteiger partial charge in [0.2, 0.25) is 0 Å². The molecule has 0 bridgehead atoms. The van der Waals surface area contributed by atoms with Gasteiger partial charge in [-0.2, -0.15) is 0 Å². The minimum Gasteiger partial charge on any atom is -0.466 e. The molecule has 2 heterocycles. The van der Waals surface area contributed by atoms with Crippen molar-refractivity contribution >= 4 is 22.8 Å². The molecule has 24 heavy (non-hydrogen) atoms.